The minimum absolute atomic E-state index is 0.0118. The van der Waals surface area contributed by atoms with E-state index in [1.807, 2.05) is 140 Å². The van der Waals surface area contributed by atoms with Crippen LogP contribution in [0.5, 0.6) is 35.3 Å². The Balaban J connectivity index is 1.12. The third-order valence-electron chi connectivity index (χ3n) is 7.27. The largest absolute Gasteiger partial charge is 0.424 e. The molecular formula is C40H28N4O4. The molecule has 0 aliphatic carbocycles. The first kappa shape index (κ1) is 29.9. The topological polar surface area (TPSA) is 95.5 Å². The normalized spacial score (nSPS) is 10.6. The van der Waals surface area contributed by atoms with Crippen molar-refractivity contribution in [2.75, 3.05) is 5.32 Å². The molecule has 6 aromatic carbocycles. The lowest BCUT2D eigenvalue weighted by molar-refractivity contribution is 0.102. The molecule has 0 aliphatic rings. The third kappa shape index (κ3) is 7.52. The Morgan fingerprint density at radius 2 is 0.729 bits per heavy atom. The van der Waals surface area contributed by atoms with Crippen molar-refractivity contribution in [3.63, 3.8) is 0 Å². The first-order chi connectivity index (χ1) is 23.6. The van der Waals surface area contributed by atoms with Crippen LogP contribution in [0.2, 0.25) is 0 Å². The van der Waals surface area contributed by atoms with Crippen LogP contribution in [0, 0.1) is 0 Å². The van der Waals surface area contributed by atoms with Crippen molar-refractivity contribution in [3.05, 3.63) is 169 Å². The zero-order valence-electron chi connectivity index (χ0n) is 25.6. The Bertz CT molecular complexity index is 2010. The van der Waals surface area contributed by atoms with Crippen molar-refractivity contribution in [2.24, 2.45) is 0 Å². The van der Waals surface area contributed by atoms with Crippen LogP contribution in [0.4, 0.5) is 5.69 Å². The van der Waals surface area contributed by atoms with E-state index >= 15 is 0 Å². The first-order valence-electron chi connectivity index (χ1n) is 15.2. The fourth-order valence-corrected chi connectivity index (χ4v) is 4.86. The molecule has 1 N–H and O–H groups in total. The van der Waals surface area contributed by atoms with Gasteiger partial charge >= 0.3 is 18.0 Å². The van der Waals surface area contributed by atoms with Crippen LogP contribution in [0.15, 0.2) is 164 Å². The van der Waals surface area contributed by atoms with Crippen molar-refractivity contribution >= 4 is 11.6 Å². The van der Waals surface area contributed by atoms with Gasteiger partial charge in [-0.25, -0.2) is 0 Å². The maximum atomic E-state index is 12.7. The molecule has 0 unspecified atom stereocenters. The van der Waals surface area contributed by atoms with Gasteiger partial charge < -0.3 is 19.5 Å². The van der Waals surface area contributed by atoms with E-state index in [1.165, 1.54) is 0 Å². The van der Waals surface area contributed by atoms with Gasteiger partial charge in [0.05, 0.1) is 0 Å². The molecule has 0 aliphatic heterocycles. The highest BCUT2D eigenvalue weighted by molar-refractivity contribution is 6.04. The average molecular weight is 629 g/mol. The molecule has 0 radical (unpaired) electrons. The van der Waals surface area contributed by atoms with Crippen molar-refractivity contribution in [3.8, 4) is 57.5 Å². The highest BCUT2D eigenvalue weighted by atomic mass is 16.5. The number of amides is 1. The van der Waals surface area contributed by atoms with Crippen molar-refractivity contribution in [2.45, 2.75) is 0 Å². The van der Waals surface area contributed by atoms with E-state index in [2.05, 4.69) is 20.3 Å². The molecule has 8 heteroatoms. The molecule has 1 aromatic heterocycles. The Morgan fingerprint density at radius 1 is 0.396 bits per heavy atom. The number of hydrogen-bond donors (Lipinski definition) is 1. The smallest absolute Gasteiger partial charge is 0.331 e. The van der Waals surface area contributed by atoms with Crippen LogP contribution < -0.4 is 19.5 Å². The minimum Gasteiger partial charge on any atom is -0.424 e. The molecule has 0 saturated heterocycles. The van der Waals surface area contributed by atoms with Crippen LogP contribution in [0.3, 0.4) is 0 Å². The number of carbonyl (C=O) groups excluding carboxylic acids is 1. The lowest BCUT2D eigenvalue weighted by Gasteiger charge is -2.11. The van der Waals surface area contributed by atoms with Gasteiger partial charge in [0.1, 0.15) is 17.2 Å². The second kappa shape index (κ2) is 14.1. The number of nitrogens with zero attached hydrogens (tertiary/aromatic N) is 3. The zero-order valence-corrected chi connectivity index (χ0v) is 25.6. The molecule has 7 aromatic rings. The van der Waals surface area contributed by atoms with Crippen LogP contribution in [-0.4, -0.2) is 20.9 Å². The van der Waals surface area contributed by atoms with Gasteiger partial charge in [-0.05, 0) is 82.9 Å². The van der Waals surface area contributed by atoms with Crippen molar-refractivity contribution in [1.29, 1.82) is 0 Å². The van der Waals surface area contributed by atoms with E-state index in [1.54, 1.807) is 24.3 Å². The van der Waals surface area contributed by atoms with Crippen molar-refractivity contribution in [1.82, 2.24) is 15.0 Å². The maximum Gasteiger partial charge on any atom is 0.331 e. The Hall–Kier alpha value is -6.80. The predicted molar refractivity (Wildman–Crippen MR) is 185 cm³/mol. The highest BCUT2D eigenvalue weighted by Gasteiger charge is 2.14. The summed E-state index contributed by atoms with van der Waals surface area (Å²) in [5.74, 6) is 1.22. The van der Waals surface area contributed by atoms with Crippen LogP contribution in [0.1, 0.15) is 10.4 Å². The van der Waals surface area contributed by atoms with E-state index < -0.39 is 0 Å². The molecule has 232 valence electrons. The summed E-state index contributed by atoms with van der Waals surface area (Å²) in [5, 5.41) is 2.87. The van der Waals surface area contributed by atoms with E-state index in [9.17, 15) is 4.79 Å². The predicted octanol–water partition coefficient (Wildman–Crippen LogP) is 9.83. The number of nitrogens with one attached hydrogen (secondary N) is 1. The van der Waals surface area contributed by atoms with Gasteiger partial charge in [-0.15, -0.1) is 15.0 Å². The number of ether oxygens (including phenoxy) is 3. The number of aromatic nitrogens is 3. The van der Waals surface area contributed by atoms with Gasteiger partial charge in [-0.2, -0.15) is 0 Å². The second-order valence-corrected chi connectivity index (χ2v) is 10.6. The molecule has 48 heavy (non-hydrogen) atoms. The lowest BCUT2D eigenvalue weighted by atomic mass is 10.1. The Kier molecular flexibility index (Phi) is 8.78. The average Bonchev–Trinajstić information content (AvgIpc) is 3.14. The standard InChI is InChI=1S/C40H28N4O4/c45-37(41-33-14-8-3-9-15-33)32-20-26-36(27-21-32)48-40-43-38(46-34-22-16-30(17-23-34)28-10-4-1-5-11-28)42-39(44-40)47-35-24-18-31(19-25-35)29-12-6-2-7-13-29/h1-27H,(H,41,45). The fraction of sp³-hybridized carbons (Fsp3) is 0. The lowest BCUT2D eigenvalue weighted by Crippen LogP contribution is -2.11. The van der Waals surface area contributed by atoms with E-state index in [0.29, 0.717) is 28.5 Å². The van der Waals surface area contributed by atoms with E-state index in [4.69, 9.17) is 14.2 Å². The van der Waals surface area contributed by atoms with Gasteiger partial charge in [-0.1, -0.05) is 103 Å². The zero-order chi connectivity index (χ0) is 32.5. The second-order valence-electron chi connectivity index (χ2n) is 10.6. The quantitative estimate of drug-likeness (QED) is 0.161. The molecule has 1 heterocycles. The monoisotopic (exact) mass is 628 g/mol. The maximum absolute atomic E-state index is 12.7. The summed E-state index contributed by atoms with van der Waals surface area (Å²) in [7, 11) is 0. The Morgan fingerprint density at radius 3 is 1.12 bits per heavy atom. The first-order valence-corrected chi connectivity index (χ1v) is 15.2. The SMILES string of the molecule is O=C(Nc1ccccc1)c1ccc(Oc2nc(Oc3ccc(-c4ccccc4)cc3)nc(Oc3ccc(-c4ccccc4)cc3)n2)cc1. The van der Waals surface area contributed by atoms with Crippen LogP contribution >= 0.6 is 0 Å². The van der Waals surface area contributed by atoms with Gasteiger partial charge in [-0.3, -0.25) is 4.79 Å². The molecule has 7 rings (SSSR count). The number of hydrogen-bond acceptors (Lipinski definition) is 7. The van der Waals surface area contributed by atoms with Crippen molar-refractivity contribution < 1.29 is 19.0 Å². The fourth-order valence-electron chi connectivity index (χ4n) is 4.86. The van der Waals surface area contributed by atoms with Crippen LogP contribution in [0.25, 0.3) is 22.3 Å². The molecular weight excluding hydrogens is 600 g/mol. The Labute approximate surface area is 277 Å². The minimum atomic E-state index is -0.240. The van der Waals surface area contributed by atoms with Crippen LogP contribution in [-0.2, 0) is 0 Å². The molecule has 0 saturated carbocycles. The summed E-state index contributed by atoms with van der Waals surface area (Å²) in [6.07, 6.45) is 0. The molecule has 0 fully saturated rings. The highest BCUT2D eigenvalue weighted by Crippen LogP contribution is 2.30. The van der Waals surface area contributed by atoms with E-state index in [0.717, 1.165) is 22.3 Å². The number of para-hydroxylation sites is 1. The number of benzene rings is 6. The summed E-state index contributed by atoms with van der Waals surface area (Å²) >= 11 is 0. The summed E-state index contributed by atoms with van der Waals surface area (Å²) in [4.78, 5) is 25.9. The summed E-state index contributed by atoms with van der Waals surface area (Å²) in [5.41, 5.74) is 5.46. The molecule has 0 atom stereocenters. The number of rotatable bonds is 10. The molecule has 8 nitrogen and oxygen atoms in total. The van der Waals surface area contributed by atoms with E-state index in [-0.39, 0.29) is 23.9 Å². The summed E-state index contributed by atoms with van der Waals surface area (Å²) < 4.78 is 18.1. The molecule has 1 amide bonds. The summed E-state index contributed by atoms with van der Waals surface area (Å²) in [6.45, 7) is 0. The summed E-state index contributed by atoms with van der Waals surface area (Å²) in [6, 6.07) is 51.2. The molecule has 0 bridgehead atoms. The van der Waals surface area contributed by atoms with Gasteiger partial charge in [0.25, 0.3) is 5.91 Å². The number of carbonyl (C=O) groups is 1. The van der Waals surface area contributed by atoms with Gasteiger partial charge in [0, 0.05) is 11.3 Å². The molecule has 0 spiro atoms. The third-order valence-corrected chi connectivity index (χ3v) is 7.27. The number of anilines is 1. The van der Waals surface area contributed by atoms with Gasteiger partial charge in [0.2, 0.25) is 0 Å². The van der Waals surface area contributed by atoms with Gasteiger partial charge in [0.15, 0.2) is 0 Å².